The summed E-state index contributed by atoms with van der Waals surface area (Å²) in [4.78, 5) is 0. The van der Waals surface area contributed by atoms with Crippen molar-refractivity contribution in [1.29, 1.82) is 5.26 Å². The predicted octanol–water partition coefficient (Wildman–Crippen LogP) is 2.66. The number of nitrogens with zero attached hydrogens (tertiary/aromatic N) is 1. The fraction of sp³-hybridized carbons (Fsp3) is 0.250. The van der Waals surface area contributed by atoms with E-state index in [-0.39, 0.29) is 6.10 Å². The summed E-state index contributed by atoms with van der Waals surface area (Å²) in [6, 6.07) is 9.32. The van der Waals surface area contributed by atoms with E-state index in [4.69, 9.17) is 10.00 Å². The number of rotatable bonds is 2. The van der Waals surface area contributed by atoms with Crippen molar-refractivity contribution in [2.45, 2.75) is 18.9 Å². The van der Waals surface area contributed by atoms with E-state index >= 15 is 0 Å². The zero-order chi connectivity index (χ0) is 9.80. The lowest BCUT2D eigenvalue weighted by molar-refractivity contribution is 0.216. The van der Waals surface area contributed by atoms with Gasteiger partial charge in [-0.25, -0.2) is 0 Å². The maximum absolute atomic E-state index is 8.61. The first-order valence-corrected chi connectivity index (χ1v) is 4.70. The van der Waals surface area contributed by atoms with E-state index in [1.807, 2.05) is 12.1 Å². The number of hydrogen-bond donors (Lipinski definition) is 0. The number of ether oxygens (including phenoxy) is 1. The van der Waals surface area contributed by atoms with Crippen molar-refractivity contribution in [1.82, 2.24) is 0 Å². The van der Waals surface area contributed by atoms with Gasteiger partial charge in [0.05, 0.1) is 11.6 Å². The van der Waals surface area contributed by atoms with E-state index in [2.05, 4.69) is 18.2 Å². The number of nitriles is 1. The molecule has 0 heterocycles. The molecular formula is C12H11NO. The van der Waals surface area contributed by atoms with E-state index in [0.29, 0.717) is 5.56 Å². The van der Waals surface area contributed by atoms with Crippen LogP contribution in [-0.4, -0.2) is 6.10 Å². The molecule has 0 aliphatic heterocycles. The largest absolute Gasteiger partial charge is 0.490 e. The predicted molar refractivity (Wildman–Crippen MR) is 53.9 cm³/mol. The molecule has 0 atom stereocenters. The van der Waals surface area contributed by atoms with Gasteiger partial charge in [0, 0.05) is 12.8 Å². The molecule has 0 aromatic heterocycles. The van der Waals surface area contributed by atoms with Gasteiger partial charge >= 0.3 is 0 Å². The highest BCUT2D eigenvalue weighted by Gasteiger charge is 2.11. The van der Waals surface area contributed by atoms with Gasteiger partial charge in [-0.15, -0.1) is 0 Å². The second-order valence-electron chi connectivity index (χ2n) is 3.32. The van der Waals surface area contributed by atoms with Gasteiger partial charge in [-0.3, -0.25) is 0 Å². The second-order valence-corrected chi connectivity index (χ2v) is 3.32. The van der Waals surface area contributed by atoms with E-state index in [0.717, 1.165) is 18.6 Å². The Labute approximate surface area is 83.4 Å². The van der Waals surface area contributed by atoms with Crippen LogP contribution >= 0.6 is 0 Å². The molecule has 0 saturated carbocycles. The molecular weight excluding hydrogens is 174 g/mol. The SMILES string of the molecule is N#Cc1ccc(OC2CC=CC2)cc1. The molecule has 2 heteroatoms. The maximum atomic E-state index is 8.61. The van der Waals surface area contributed by atoms with E-state index in [9.17, 15) is 0 Å². The molecule has 1 aliphatic carbocycles. The minimum atomic E-state index is 0.280. The summed E-state index contributed by atoms with van der Waals surface area (Å²) >= 11 is 0. The van der Waals surface area contributed by atoms with E-state index in [1.54, 1.807) is 12.1 Å². The lowest BCUT2D eigenvalue weighted by atomic mass is 10.2. The molecule has 0 spiro atoms. The number of hydrogen-bond acceptors (Lipinski definition) is 2. The fourth-order valence-electron chi connectivity index (χ4n) is 1.49. The van der Waals surface area contributed by atoms with Crippen molar-refractivity contribution in [3.8, 4) is 11.8 Å². The van der Waals surface area contributed by atoms with Crippen LogP contribution in [0.4, 0.5) is 0 Å². The average molecular weight is 185 g/mol. The van der Waals surface area contributed by atoms with Crippen molar-refractivity contribution in [2.75, 3.05) is 0 Å². The molecule has 1 aromatic rings. The molecule has 14 heavy (non-hydrogen) atoms. The first-order valence-electron chi connectivity index (χ1n) is 4.70. The van der Waals surface area contributed by atoms with Gasteiger partial charge in [-0.1, -0.05) is 12.2 Å². The van der Waals surface area contributed by atoms with Crippen LogP contribution in [0.2, 0.25) is 0 Å². The smallest absolute Gasteiger partial charge is 0.119 e. The molecule has 1 aromatic carbocycles. The fourth-order valence-corrected chi connectivity index (χ4v) is 1.49. The van der Waals surface area contributed by atoms with Gasteiger partial charge in [-0.2, -0.15) is 5.26 Å². The van der Waals surface area contributed by atoms with Crippen molar-refractivity contribution in [2.24, 2.45) is 0 Å². The van der Waals surface area contributed by atoms with Crippen molar-refractivity contribution in [3.63, 3.8) is 0 Å². The van der Waals surface area contributed by atoms with Gasteiger partial charge < -0.3 is 4.74 Å². The summed E-state index contributed by atoms with van der Waals surface area (Å²) in [6.45, 7) is 0. The lowest BCUT2D eigenvalue weighted by Gasteiger charge is -2.12. The van der Waals surface area contributed by atoms with Crippen LogP contribution in [0.25, 0.3) is 0 Å². The van der Waals surface area contributed by atoms with Crippen LogP contribution in [0.3, 0.4) is 0 Å². The van der Waals surface area contributed by atoms with Crippen molar-refractivity contribution < 1.29 is 4.74 Å². The Morgan fingerprint density at radius 2 is 1.79 bits per heavy atom. The summed E-state index contributed by atoms with van der Waals surface area (Å²) < 4.78 is 5.70. The summed E-state index contributed by atoms with van der Waals surface area (Å²) in [7, 11) is 0. The highest BCUT2D eigenvalue weighted by Crippen LogP contribution is 2.19. The van der Waals surface area contributed by atoms with Gasteiger partial charge in [0.2, 0.25) is 0 Å². The quantitative estimate of drug-likeness (QED) is 0.663. The van der Waals surface area contributed by atoms with Crippen LogP contribution in [0.1, 0.15) is 18.4 Å². The van der Waals surface area contributed by atoms with Crippen molar-refractivity contribution >= 4 is 0 Å². The van der Waals surface area contributed by atoms with E-state index in [1.165, 1.54) is 0 Å². The Morgan fingerprint density at radius 3 is 2.36 bits per heavy atom. The highest BCUT2D eigenvalue weighted by molar-refractivity contribution is 5.34. The summed E-state index contributed by atoms with van der Waals surface area (Å²) in [6.07, 6.45) is 6.52. The zero-order valence-electron chi connectivity index (χ0n) is 7.81. The summed E-state index contributed by atoms with van der Waals surface area (Å²) in [5.74, 6) is 0.845. The molecule has 2 nitrogen and oxygen atoms in total. The Bertz CT molecular complexity index is 364. The Balaban J connectivity index is 2.00. The maximum Gasteiger partial charge on any atom is 0.119 e. The Hall–Kier alpha value is -1.75. The van der Waals surface area contributed by atoms with Crippen molar-refractivity contribution in [3.05, 3.63) is 42.0 Å². The molecule has 0 unspecified atom stereocenters. The Kier molecular flexibility index (Phi) is 2.51. The molecule has 1 aliphatic rings. The molecule has 0 radical (unpaired) electrons. The second kappa shape index (κ2) is 3.97. The molecule has 0 N–H and O–H groups in total. The minimum absolute atomic E-state index is 0.280. The third-order valence-electron chi connectivity index (χ3n) is 2.25. The van der Waals surface area contributed by atoms with Gasteiger partial charge in [0.15, 0.2) is 0 Å². The highest BCUT2D eigenvalue weighted by atomic mass is 16.5. The average Bonchev–Trinajstić information content (AvgIpc) is 2.72. The molecule has 0 fully saturated rings. The van der Waals surface area contributed by atoms with Gasteiger partial charge in [0.1, 0.15) is 11.9 Å². The minimum Gasteiger partial charge on any atom is -0.490 e. The van der Waals surface area contributed by atoms with Crippen LogP contribution in [0, 0.1) is 11.3 Å². The molecule has 0 amide bonds. The summed E-state index contributed by atoms with van der Waals surface area (Å²) in [5, 5.41) is 8.61. The molecule has 70 valence electrons. The Morgan fingerprint density at radius 1 is 1.14 bits per heavy atom. The summed E-state index contributed by atoms with van der Waals surface area (Å²) in [5.41, 5.74) is 0.668. The monoisotopic (exact) mass is 185 g/mol. The van der Waals surface area contributed by atoms with Crippen LogP contribution in [0.5, 0.6) is 5.75 Å². The molecule has 2 rings (SSSR count). The van der Waals surface area contributed by atoms with Crippen LogP contribution in [0.15, 0.2) is 36.4 Å². The molecule has 0 bridgehead atoms. The third kappa shape index (κ3) is 1.94. The standard InChI is InChI=1S/C12H11NO/c13-9-10-5-7-12(8-6-10)14-11-3-1-2-4-11/h1-2,5-8,11H,3-4H2. The lowest BCUT2D eigenvalue weighted by Crippen LogP contribution is -2.11. The molecule has 0 saturated heterocycles. The third-order valence-corrected chi connectivity index (χ3v) is 2.25. The van der Waals surface area contributed by atoms with Crippen LogP contribution in [-0.2, 0) is 0 Å². The number of benzene rings is 1. The van der Waals surface area contributed by atoms with Gasteiger partial charge in [0.25, 0.3) is 0 Å². The normalized spacial score (nSPS) is 15.4. The topological polar surface area (TPSA) is 33.0 Å². The van der Waals surface area contributed by atoms with Gasteiger partial charge in [-0.05, 0) is 24.3 Å². The van der Waals surface area contributed by atoms with Crippen LogP contribution < -0.4 is 4.74 Å². The first-order chi connectivity index (χ1) is 6.88. The first kappa shape index (κ1) is 8.83. The van der Waals surface area contributed by atoms with E-state index < -0.39 is 0 Å². The zero-order valence-corrected chi connectivity index (χ0v) is 7.81.